The predicted molar refractivity (Wildman–Crippen MR) is 74.8 cm³/mol. The number of rotatable bonds is 3. The molecule has 0 aromatic carbocycles. The fourth-order valence-electron chi connectivity index (χ4n) is 2.25. The molecule has 6 nitrogen and oxygen atoms in total. The van der Waals surface area contributed by atoms with Gasteiger partial charge in [-0.15, -0.1) is 11.3 Å². The Kier molecular flexibility index (Phi) is 4.14. The minimum atomic E-state index is -3.28. The molecule has 0 bridgehead atoms. The van der Waals surface area contributed by atoms with Crippen molar-refractivity contribution in [2.75, 3.05) is 18.1 Å². The van der Waals surface area contributed by atoms with Crippen LogP contribution in [-0.2, 0) is 14.6 Å². The molecule has 0 radical (unpaired) electrons. The van der Waals surface area contributed by atoms with E-state index in [0.717, 1.165) is 5.56 Å². The number of nitrogens with zero attached hydrogens (tertiary/aromatic N) is 1. The zero-order chi connectivity index (χ0) is 14.9. The third-order valence-corrected chi connectivity index (χ3v) is 5.96. The van der Waals surface area contributed by atoms with Crippen LogP contribution in [0.1, 0.15) is 21.7 Å². The van der Waals surface area contributed by atoms with Gasteiger partial charge in [-0.3, -0.25) is 9.59 Å². The second kappa shape index (κ2) is 5.53. The maximum Gasteiger partial charge on any atom is 0.305 e. The summed E-state index contributed by atoms with van der Waals surface area (Å²) in [5.41, 5.74) is 0.822. The van der Waals surface area contributed by atoms with Crippen LogP contribution in [-0.4, -0.2) is 54.4 Å². The summed E-state index contributed by atoms with van der Waals surface area (Å²) in [5, 5.41) is 10.7. The van der Waals surface area contributed by atoms with Crippen LogP contribution >= 0.6 is 11.3 Å². The molecule has 2 heterocycles. The zero-order valence-electron chi connectivity index (χ0n) is 10.9. The Balaban J connectivity index is 2.26. The van der Waals surface area contributed by atoms with E-state index in [1.165, 1.54) is 16.2 Å². The molecule has 110 valence electrons. The third-order valence-electron chi connectivity index (χ3n) is 3.26. The lowest BCUT2D eigenvalue weighted by molar-refractivity contribution is -0.138. The molecule has 1 unspecified atom stereocenters. The molecule has 1 aromatic rings. The van der Waals surface area contributed by atoms with Gasteiger partial charge in [0.25, 0.3) is 5.91 Å². The first-order chi connectivity index (χ1) is 9.30. The molecule has 1 aromatic heterocycles. The summed E-state index contributed by atoms with van der Waals surface area (Å²) in [5.74, 6) is -1.78. The van der Waals surface area contributed by atoms with Gasteiger partial charge in [0.15, 0.2) is 9.84 Å². The molecule has 2 rings (SSSR count). The molecule has 0 aliphatic carbocycles. The van der Waals surface area contributed by atoms with Crippen molar-refractivity contribution in [2.24, 2.45) is 0 Å². The van der Waals surface area contributed by atoms with Crippen molar-refractivity contribution in [2.45, 2.75) is 19.4 Å². The summed E-state index contributed by atoms with van der Waals surface area (Å²) >= 11 is 1.28. The standard InChI is InChI=1S/C12H15NO5S2/c1-8-2-4-19-11(8)12(16)13-3-5-20(17,18)7-9(13)6-10(14)15/h2,4,9H,3,5-7H2,1H3,(H,14,15). The van der Waals surface area contributed by atoms with Crippen LogP contribution in [0, 0.1) is 6.92 Å². The largest absolute Gasteiger partial charge is 0.481 e. The molecule has 20 heavy (non-hydrogen) atoms. The number of sulfone groups is 1. The quantitative estimate of drug-likeness (QED) is 0.889. The molecular weight excluding hydrogens is 302 g/mol. The van der Waals surface area contributed by atoms with Gasteiger partial charge in [-0.1, -0.05) is 0 Å². The van der Waals surface area contributed by atoms with E-state index in [1.807, 2.05) is 6.07 Å². The van der Waals surface area contributed by atoms with Crippen molar-refractivity contribution >= 4 is 33.1 Å². The lowest BCUT2D eigenvalue weighted by atomic mass is 10.1. The lowest BCUT2D eigenvalue weighted by Crippen LogP contribution is -2.51. The molecule has 1 aliphatic rings. The van der Waals surface area contributed by atoms with Crippen LogP contribution < -0.4 is 0 Å². The monoisotopic (exact) mass is 317 g/mol. The van der Waals surface area contributed by atoms with Crippen LogP contribution in [0.15, 0.2) is 11.4 Å². The first-order valence-electron chi connectivity index (χ1n) is 6.07. The number of hydrogen-bond donors (Lipinski definition) is 1. The van der Waals surface area contributed by atoms with Crippen molar-refractivity contribution in [3.05, 3.63) is 21.9 Å². The first kappa shape index (κ1) is 15.0. The van der Waals surface area contributed by atoms with Crippen molar-refractivity contribution < 1.29 is 23.1 Å². The number of carboxylic acids is 1. The highest BCUT2D eigenvalue weighted by Crippen LogP contribution is 2.23. The number of carboxylic acid groups (broad SMARTS) is 1. The van der Waals surface area contributed by atoms with Gasteiger partial charge in [0.05, 0.1) is 28.8 Å². The molecule has 0 spiro atoms. The maximum absolute atomic E-state index is 12.4. The highest BCUT2D eigenvalue weighted by molar-refractivity contribution is 7.91. The van der Waals surface area contributed by atoms with Crippen molar-refractivity contribution in [1.82, 2.24) is 4.90 Å². The van der Waals surface area contributed by atoms with E-state index in [9.17, 15) is 18.0 Å². The number of thiophene rings is 1. The highest BCUT2D eigenvalue weighted by Gasteiger charge is 2.36. The second-order valence-electron chi connectivity index (χ2n) is 4.80. The van der Waals surface area contributed by atoms with E-state index in [0.29, 0.717) is 4.88 Å². The maximum atomic E-state index is 12.4. The van der Waals surface area contributed by atoms with Crippen LogP contribution in [0.2, 0.25) is 0 Å². The molecule has 1 aliphatic heterocycles. The Morgan fingerprint density at radius 1 is 1.50 bits per heavy atom. The average Bonchev–Trinajstić information content (AvgIpc) is 2.73. The van der Waals surface area contributed by atoms with Crippen molar-refractivity contribution in [1.29, 1.82) is 0 Å². The van der Waals surface area contributed by atoms with Gasteiger partial charge in [-0.2, -0.15) is 0 Å². The smallest absolute Gasteiger partial charge is 0.305 e. The van der Waals surface area contributed by atoms with E-state index < -0.39 is 21.8 Å². The molecule has 1 N–H and O–H groups in total. The van der Waals surface area contributed by atoms with Gasteiger partial charge in [0.2, 0.25) is 0 Å². The number of amides is 1. The molecule has 1 atom stereocenters. The predicted octanol–water partition coefficient (Wildman–Crippen LogP) is 0.770. The zero-order valence-corrected chi connectivity index (χ0v) is 12.5. The van der Waals surface area contributed by atoms with E-state index in [1.54, 1.807) is 12.3 Å². The first-order valence-corrected chi connectivity index (χ1v) is 8.77. The van der Waals surface area contributed by atoms with Crippen LogP contribution in [0.4, 0.5) is 0 Å². The van der Waals surface area contributed by atoms with E-state index in [2.05, 4.69) is 0 Å². The Bertz CT molecular complexity index is 634. The lowest BCUT2D eigenvalue weighted by Gasteiger charge is -2.34. The van der Waals surface area contributed by atoms with E-state index in [4.69, 9.17) is 5.11 Å². The fraction of sp³-hybridized carbons (Fsp3) is 0.500. The average molecular weight is 317 g/mol. The summed E-state index contributed by atoms with van der Waals surface area (Å²) in [6.45, 7) is 1.85. The Labute approximate surface area is 120 Å². The van der Waals surface area contributed by atoms with Crippen LogP contribution in [0.25, 0.3) is 0 Å². The fourth-order valence-corrected chi connectivity index (χ4v) is 4.65. The van der Waals surface area contributed by atoms with Gasteiger partial charge >= 0.3 is 5.97 Å². The summed E-state index contributed by atoms with van der Waals surface area (Å²) < 4.78 is 23.3. The van der Waals surface area contributed by atoms with Crippen molar-refractivity contribution in [3.8, 4) is 0 Å². The van der Waals surface area contributed by atoms with Crippen LogP contribution in [0.3, 0.4) is 0 Å². The number of hydrogen-bond acceptors (Lipinski definition) is 5. The normalized spacial score (nSPS) is 21.6. The van der Waals surface area contributed by atoms with Gasteiger partial charge in [0, 0.05) is 6.54 Å². The highest BCUT2D eigenvalue weighted by atomic mass is 32.2. The third kappa shape index (κ3) is 3.18. The summed E-state index contributed by atoms with van der Waals surface area (Å²) in [7, 11) is -3.28. The molecule has 0 saturated carbocycles. The van der Waals surface area contributed by atoms with E-state index in [-0.39, 0.29) is 30.4 Å². The van der Waals surface area contributed by atoms with Gasteiger partial charge in [-0.05, 0) is 23.9 Å². The second-order valence-corrected chi connectivity index (χ2v) is 7.94. The molecule has 8 heteroatoms. The Morgan fingerprint density at radius 3 is 2.75 bits per heavy atom. The van der Waals surface area contributed by atoms with Gasteiger partial charge in [-0.25, -0.2) is 8.42 Å². The van der Waals surface area contributed by atoms with Gasteiger partial charge < -0.3 is 10.0 Å². The minimum Gasteiger partial charge on any atom is -0.481 e. The van der Waals surface area contributed by atoms with E-state index >= 15 is 0 Å². The Morgan fingerprint density at radius 2 is 2.20 bits per heavy atom. The molecule has 1 fully saturated rings. The minimum absolute atomic E-state index is 0.0520. The van der Waals surface area contributed by atoms with Gasteiger partial charge in [0.1, 0.15) is 0 Å². The molecular formula is C12H15NO5S2. The topological polar surface area (TPSA) is 91.8 Å². The molecule has 1 amide bonds. The number of aliphatic carboxylic acids is 1. The SMILES string of the molecule is Cc1ccsc1C(=O)N1CCS(=O)(=O)CC1CC(=O)O. The van der Waals surface area contributed by atoms with Crippen LogP contribution in [0.5, 0.6) is 0 Å². The van der Waals surface area contributed by atoms with Crippen molar-refractivity contribution in [3.63, 3.8) is 0 Å². The number of aryl methyl sites for hydroxylation is 1. The number of carbonyl (C=O) groups excluding carboxylic acids is 1. The summed E-state index contributed by atoms with van der Waals surface area (Å²) in [6, 6.07) is 1.02. The summed E-state index contributed by atoms with van der Waals surface area (Å²) in [6.07, 6.45) is -0.352. The number of carbonyl (C=O) groups is 2. The molecule has 1 saturated heterocycles. The summed E-state index contributed by atoms with van der Waals surface area (Å²) in [4.78, 5) is 25.2. The Hall–Kier alpha value is -1.41.